The second-order valence-corrected chi connectivity index (χ2v) is 8.15. The summed E-state index contributed by atoms with van der Waals surface area (Å²) in [5.41, 5.74) is 1.33. The summed E-state index contributed by atoms with van der Waals surface area (Å²) in [6.07, 6.45) is 3.45. The molecule has 3 rings (SSSR count). The van der Waals surface area contributed by atoms with Crippen LogP contribution in [0.3, 0.4) is 0 Å². The maximum Gasteiger partial charge on any atom is 0.225 e. The molecule has 0 unspecified atom stereocenters. The van der Waals surface area contributed by atoms with E-state index in [1.807, 2.05) is 24.8 Å². The van der Waals surface area contributed by atoms with Gasteiger partial charge in [0.25, 0.3) is 0 Å². The highest BCUT2D eigenvalue weighted by Crippen LogP contribution is 2.31. The molecule has 2 fully saturated rings. The van der Waals surface area contributed by atoms with Crippen LogP contribution in [-0.4, -0.2) is 65.8 Å². The van der Waals surface area contributed by atoms with Crippen LogP contribution in [0.5, 0.6) is 0 Å². The zero-order chi connectivity index (χ0) is 19.9. The van der Waals surface area contributed by atoms with Gasteiger partial charge in [-0.15, -0.1) is 0 Å². The first-order chi connectivity index (χ1) is 13.6. The van der Waals surface area contributed by atoms with Crippen LogP contribution in [-0.2, 0) is 16.1 Å². The van der Waals surface area contributed by atoms with Crippen molar-refractivity contribution in [3.05, 3.63) is 35.9 Å². The zero-order valence-electron chi connectivity index (χ0n) is 17.5. The summed E-state index contributed by atoms with van der Waals surface area (Å²) in [5.74, 6) is 0.826. The van der Waals surface area contributed by atoms with E-state index in [1.165, 1.54) is 5.56 Å². The standard InChI is InChI=1S/C23H35N3O2/c1-3-25(4-2)22(27)20-10-12-21(13-11-20)23(28)26-16-14-24(15-17-26)18-19-8-6-5-7-9-19/h5-9,20-21H,3-4,10-18H2,1-2H3. The minimum absolute atomic E-state index is 0.112. The van der Waals surface area contributed by atoms with Crippen LogP contribution in [0.4, 0.5) is 0 Å². The number of carbonyl (C=O) groups excluding carboxylic acids is 2. The molecule has 1 aliphatic carbocycles. The Labute approximate surface area is 169 Å². The van der Waals surface area contributed by atoms with E-state index < -0.39 is 0 Å². The van der Waals surface area contributed by atoms with E-state index in [0.29, 0.717) is 5.91 Å². The maximum atomic E-state index is 13.0. The van der Waals surface area contributed by atoms with E-state index in [4.69, 9.17) is 0 Å². The SMILES string of the molecule is CCN(CC)C(=O)C1CCC(C(=O)N2CCN(Cc3ccccc3)CC2)CC1. The summed E-state index contributed by atoms with van der Waals surface area (Å²) in [6, 6.07) is 10.5. The number of carbonyl (C=O) groups is 2. The lowest BCUT2D eigenvalue weighted by Gasteiger charge is -2.38. The Balaban J connectivity index is 1.43. The highest BCUT2D eigenvalue weighted by Gasteiger charge is 2.34. The van der Waals surface area contributed by atoms with Crippen molar-refractivity contribution in [1.29, 1.82) is 0 Å². The molecule has 1 saturated heterocycles. The van der Waals surface area contributed by atoms with Gasteiger partial charge in [0.05, 0.1) is 0 Å². The van der Waals surface area contributed by atoms with Gasteiger partial charge in [0.15, 0.2) is 0 Å². The van der Waals surface area contributed by atoms with Crippen LogP contribution in [0.25, 0.3) is 0 Å². The Morgan fingerprint density at radius 2 is 1.46 bits per heavy atom. The molecule has 1 heterocycles. The van der Waals surface area contributed by atoms with E-state index in [-0.39, 0.29) is 17.7 Å². The number of hydrogen-bond acceptors (Lipinski definition) is 3. The summed E-state index contributed by atoms with van der Waals surface area (Å²) in [6.45, 7) is 10.1. The van der Waals surface area contributed by atoms with Gasteiger partial charge in [0, 0.05) is 57.6 Å². The van der Waals surface area contributed by atoms with E-state index in [9.17, 15) is 9.59 Å². The molecule has 0 spiro atoms. The van der Waals surface area contributed by atoms with Crippen LogP contribution >= 0.6 is 0 Å². The van der Waals surface area contributed by atoms with Crippen molar-refractivity contribution < 1.29 is 9.59 Å². The monoisotopic (exact) mass is 385 g/mol. The number of hydrogen-bond donors (Lipinski definition) is 0. The third kappa shape index (κ3) is 5.13. The number of amides is 2. The first-order valence-corrected chi connectivity index (χ1v) is 11.0. The molecule has 0 radical (unpaired) electrons. The Hall–Kier alpha value is -1.88. The second-order valence-electron chi connectivity index (χ2n) is 8.15. The lowest BCUT2D eigenvalue weighted by atomic mass is 9.80. The largest absolute Gasteiger partial charge is 0.343 e. The van der Waals surface area contributed by atoms with Gasteiger partial charge in [-0.1, -0.05) is 30.3 Å². The van der Waals surface area contributed by atoms with E-state index in [2.05, 4.69) is 34.1 Å². The normalized spacial score (nSPS) is 23.4. The highest BCUT2D eigenvalue weighted by atomic mass is 16.2. The molecule has 2 amide bonds. The van der Waals surface area contributed by atoms with Crippen LogP contribution in [0.1, 0.15) is 45.1 Å². The van der Waals surface area contributed by atoms with Crippen LogP contribution in [0, 0.1) is 11.8 Å². The smallest absolute Gasteiger partial charge is 0.225 e. The molecule has 1 saturated carbocycles. The van der Waals surface area contributed by atoms with E-state index in [1.54, 1.807) is 0 Å². The fraction of sp³-hybridized carbons (Fsp3) is 0.652. The van der Waals surface area contributed by atoms with Gasteiger partial charge in [-0.3, -0.25) is 14.5 Å². The van der Waals surface area contributed by atoms with Crippen molar-refractivity contribution in [2.24, 2.45) is 11.8 Å². The molecule has 2 aliphatic rings. The summed E-state index contributed by atoms with van der Waals surface area (Å²) in [4.78, 5) is 31.9. The molecule has 0 N–H and O–H groups in total. The van der Waals surface area contributed by atoms with Crippen molar-refractivity contribution in [2.45, 2.75) is 46.1 Å². The third-order valence-electron chi connectivity index (χ3n) is 6.43. The van der Waals surface area contributed by atoms with E-state index in [0.717, 1.165) is 71.5 Å². The zero-order valence-corrected chi connectivity index (χ0v) is 17.5. The topological polar surface area (TPSA) is 43.9 Å². The summed E-state index contributed by atoms with van der Waals surface area (Å²) < 4.78 is 0. The molecule has 0 bridgehead atoms. The summed E-state index contributed by atoms with van der Waals surface area (Å²) >= 11 is 0. The average molecular weight is 386 g/mol. The molecule has 1 aromatic rings. The lowest BCUT2D eigenvalue weighted by molar-refractivity contribution is -0.142. The Morgan fingerprint density at radius 1 is 0.893 bits per heavy atom. The van der Waals surface area contributed by atoms with Gasteiger partial charge < -0.3 is 9.80 Å². The molecule has 1 aromatic carbocycles. The molecule has 0 atom stereocenters. The summed E-state index contributed by atoms with van der Waals surface area (Å²) in [7, 11) is 0. The Bertz CT molecular complexity index is 629. The van der Waals surface area contributed by atoms with Gasteiger partial charge in [-0.05, 0) is 45.1 Å². The van der Waals surface area contributed by atoms with Gasteiger partial charge in [-0.25, -0.2) is 0 Å². The predicted octanol–water partition coefficient (Wildman–Crippen LogP) is 3.01. The number of nitrogens with zero attached hydrogens (tertiary/aromatic N) is 3. The molecular formula is C23H35N3O2. The average Bonchev–Trinajstić information content (AvgIpc) is 2.75. The first kappa shape index (κ1) is 20.8. The number of benzene rings is 1. The minimum Gasteiger partial charge on any atom is -0.343 e. The van der Waals surface area contributed by atoms with Crippen LogP contribution < -0.4 is 0 Å². The highest BCUT2D eigenvalue weighted by molar-refractivity contribution is 5.81. The number of piperazine rings is 1. The van der Waals surface area contributed by atoms with Crippen molar-refractivity contribution in [3.8, 4) is 0 Å². The molecule has 154 valence electrons. The van der Waals surface area contributed by atoms with Gasteiger partial charge in [0.1, 0.15) is 0 Å². The molecular weight excluding hydrogens is 350 g/mol. The number of rotatable bonds is 6. The molecule has 1 aliphatic heterocycles. The maximum absolute atomic E-state index is 13.0. The van der Waals surface area contributed by atoms with Gasteiger partial charge in [-0.2, -0.15) is 0 Å². The quantitative estimate of drug-likeness (QED) is 0.756. The lowest BCUT2D eigenvalue weighted by Crippen LogP contribution is -2.50. The second kappa shape index (κ2) is 10.1. The molecule has 5 nitrogen and oxygen atoms in total. The van der Waals surface area contributed by atoms with Gasteiger partial charge in [0.2, 0.25) is 11.8 Å². The molecule has 5 heteroatoms. The van der Waals surface area contributed by atoms with Crippen molar-refractivity contribution in [1.82, 2.24) is 14.7 Å². The fourth-order valence-electron chi connectivity index (χ4n) is 4.61. The van der Waals surface area contributed by atoms with Crippen LogP contribution in [0.2, 0.25) is 0 Å². The molecule has 0 aromatic heterocycles. The summed E-state index contributed by atoms with van der Waals surface area (Å²) in [5, 5.41) is 0. The van der Waals surface area contributed by atoms with E-state index >= 15 is 0 Å². The predicted molar refractivity (Wildman–Crippen MR) is 112 cm³/mol. The molecule has 28 heavy (non-hydrogen) atoms. The van der Waals surface area contributed by atoms with Gasteiger partial charge >= 0.3 is 0 Å². The van der Waals surface area contributed by atoms with Crippen LogP contribution in [0.15, 0.2) is 30.3 Å². The first-order valence-electron chi connectivity index (χ1n) is 11.0. The fourth-order valence-corrected chi connectivity index (χ4v) is 4.61. The Morgan fingerprint density at radius 3 is 2.04 bits per heavy atom. The van der Waals surface area contributed by atoms with Crippen molar-refractivity contribution in [3.63, 3.8) is 0 Å². The van der Waals surface area contributed by atoms with Crippen molar-refractivity contribution >= 4 is 11.8 Å². The van der Waals surface area contributed by atoms with Crippen molar-refractivity contribution in [2.75, 3.05) is 39.3 Å². The Kier molecular flexibility index (Phi) is 7.49. The third-order valence-corrected chi connectivity index (χ3v) is 6.43. The minimum atomic E-state index is 0.112.